The van der Waals surface area contributed by atoms with Gasteiger partial charge in [0.25, 0.3) is 0 Å². The maximum absolute atomic E-state index is 12.0. The SMILES string of the molecule is CCCC1(O)CN(C(=O)CCCSc2ccc(Cl)cc2)C1. The Balaban J connectivity index is 1.61. The molecular formula is C16H22ClNO2S. The van der Waals surface area contributed by atoms with Gasteiger partial charge in [-0.15, -0.1) is 11.8 Å². The van der Waals surface area contributed by atoms with Gasteiger partial charge in [0, 0.05) is 16.3 Å². The van der Waals surface area contributed by atoms with E-state index in [1.54, 1.807) is 16.7 Å². The first-order valence-corrected chi connectivity index (χ1v) is 8.77. The number of β-amino-alcohol motifs (C(OH)–C–C–N with tert-alkyl or cyclic N) is 1. The van der Waals surface area contributed by atoms with E-state index in [-0.39, 0.29) is 5.91 Å². The Morgan fingerprint density at radius 2 is 2.05 bits per heavy atom. The maximum Gasteiger partial charge on any atom is 0.222 e. The lowest BCUT2D eigenvalue weighted by molar-refractivity contribution is -0.156. The topological polar surface area (TPSA) is 40.5 Å². The molecule has 1 aromatic rings. The van der Waals surface area contributed by atoms with Crippen molar-refractivity contribution in [2.24, 2.45) is 0 Å². The molecule has 0 unspecified atom stereocenters. The van der Waals surface area contributed by atoms with Crippen LogP contribution in [0.5, 0.6) is 0 Å². The summed E-state index contributed by atoms with van der Waals surface area (Å²) in [5.41, 5.74) is -0.623. The molecule has 1 aliphatic heterocycles. The third-order valence-corrected chi connectivity index (χ3v) is 5.01. The number of amides is 1. The molecule has 1 saturated heterocycles. The highest BCUT2D eigenvalue weighted by Gasteiger charge is 2.42. The second-order valence-corrected chi connectivity index (χ2v) is 7.23. The fourth-order valence-electron chi connectivity index (χ4n) is 2.57. The molecule has 1 amide bonds. The molecule has 0 bridgehead atoms. The summed E-state index contributed by atoms with van der Waals surface area (Å²) in [7, 11) is 0. The van der Waals surface area contributed by atoms with Crippen molar-refractivity contribution in [2.45, 2.75) is 43.1 Å². The van der Waals surface area contributed by atoms with E-state index in [1.807, 2.05) is 24.3 Å². The van der Waals surface area contributed by atoms with E-state index >= 15 is 0 Å². The van der Waals surface area contributed by atoms with Gasteiger partial charge in [-0.2, -0.15) is 0 Å². The third-order valence-electron chi connectivity index (χ3n) is 3.66. The molecule has 0 atom stereocenters. The number of benzene rings is 1. The van der Waals surface area contributed by atoms with Gasteiger partial charge in [-0.3, -0.25) is 4.79 Å². The second kappa shape index (κ2) is 7.52. The van der Waals surface area contributed by atoms with Crippen molar-refractivity contribution < 1.29 is 9.90 Å². The van der Waals surface area contributed by atoms with Gasteiger partial charge in [-0.25, -0.2) is 0 Å². The molecule has 1 heterocycles. The molecule has 3 nitrogen and oxygen atoms in total. The van der Waals surface area contributed by atoms with Gasteiger partial charge < -0.3 is 10.0 Å². The van der Waals surface area contributed by atoms with E-state index in [9.17, 15) is 9.90 Å². The molecule has 0 aromatic heterocycles. The van der Waals surface area contributed by atoms with Crippen LogP contribution in [0.4, 0.5) is 0 Å². The summed E-state index contributed by atoms with van der Waals surface area (Å²) in [4.78, 5) is 14.9. The molecule has 1 fully saturated rings. The van der Waals surface area contributed by atoms with Crippen LogP contribution in [-0.4, -0.2) is 40.4 Å². The normalized spacial score (nSPS) is 16.6. The molecule has 5 heteroatoms. The summed E-state index contributed by atoms with van der Waals surface area (Å²) in [6.07, 6.45) is 3.15. The number of aliphatic hydroxyl groups is 1. The van der Waals surface area contributed by atoms with Crippen molar-refractivity contribution in [2.75, 3.05) is 18.8 Å². The van der Waals surface area contributed by atoms with E-state index in [0.29, 0.717) is 19.5 Å². The van der Waals surface area contributed by atoms with Gasteiger partial charge in [0.1, 0.15) is 0 Å². The van der Waals surface area contributed by atoms with Crippen LogP contribution >= 0.6 is 23.4 Å². The predicted octanol–water partition coefficient (Wildman–Crippen LogP) is 3.59. The Bertz CT molecular complexity index is 472. The van der Waals surface area contributed by atoms with Gasteiger partial charge in [-0.05, 0) is 42.9 Å². The molecule has 0 aliphatic carbocycles. The van der Waals surface area contributed by atoms with E-state index in [2.05, 4.69) is 6.92 Å². The number of rotatable bonds is 7. The van der Waals surface area contributed by atoms with Crippen LogP contribution in [-0.2, 0) is 4.79 Å². The van der Waals surface area contributed by atoms with Crippen LogP contribution in [0.25, 0.3) is 0 Å². The molecule has 0 radical (unpaired) electrons. The summed E-state index contributed by atoms with van der Waals surface area (Å²) in [6, 6.07) is 7.75. The zero-order valence-electron chi connectivity index (χ0n) is 12.3. The molecule has 2 rings (SSSR count). The van der Waals surface area contributed by atoms with Crippen molar-refractivity contribution in [3.8, 4) is 0 Å². The quantitative estimate of drug-likeness (QED) is 0.614. The van der Waals surface area contributed by atoms with Gasteiger partial charge in [0.2, 0.25) is 5.91 Å². The van der Waals surface area contributed by atoms with Gasteiger partial charge in [0.15, 0.2) is 0 Å². The van der Waals surface area contributed by atoms with Crippen molar-refractivity contribution in [3.05, 3.63) is 29.3 Å². The van der Waals surface area contributed by atoms with Crippen LogP contribution in [0.2, 0.25) is 5.02 Å². The number of halogens is 1. The lowest BCUT2D eigenvalue weighted by Gasteiger charge is -2.46. The summed E-state index contributed by atoms with van der Waals surface area (Å²) in [6.45, 7) is 3.06. The number of likely N-dealkylation sites (tertiary alicyclic amines) is 1. The first kappa shape index (κ1) is 16.7. The number of hydrogen-bond donors (Lipinski definition) is 1. The Hall–Kier alpha value is -0.710. The highest BCUT2D eigenvalue weighted by molar-refractivity contribution is 7.99. The first-order valence-electron chi connectivity index (χ1n) is 7.41. The van der Waals surface area contributed by atoms with Gasteiger partial charge in [-0.1, -0.05) is 24.9 Å². The Morgan fingerprint density at radius 1 is 1.38 bits per heavy atom. The third kappa shape index (κ3) is 4.90. The Morgan fingerprint density at radius 3 is 2.67 bits per heavy atom. The highest BCUT2D eigenvalue weighted by Crippen LogP contribution is 2.27. The highest BCUT2D eigenvalue weighted by atomic mass is 35.5. The van der Waals surface area contributed by atoms with Crippen LogP contribution < -0.4 is 0 Å². The van der Waals surface area contributed by atoms with Crippen molar-refractivity contribution in [1.82, 2.24) is 4.90 Å². The first-order chi connectivity index (χ1) is 10.0. The smallest absolute Gasteiger partial charge is 0.222 e. The lowest BCUT2D eigenvalue weighted by Crippen LogP contribution is -2.63. The van der Waals surface area contributed by atoms with Gasteiger partial charge in [0.05, 0.1) is 18.7 Å². The monoisotopic (exact) mass is 327 g/mol. The van der Waals surface area contributed by atoms with Crippen LogP contribution in [0, 0.1) is 0 Å². The fourth-order valence-corrected chi connectivity index (χ4v) is 3.55. The van der Waals surface area contributed by atoms with Crippen molar-refractivity contribution in [1.29, 1.82) is 0 Å². The number of carbonyl (C=O) groups excluding carboxylic acids is 1. The Kier molecular flexibility index (Phi) is 5.97. The number of nitrogens with zero attached hydrogens (tertiary/aromatic N) is 1. The average Bonchev–Trinajstić information content (AvgIpc) is 2.43. The van der Waals surface area contributed by atoms with Crippen molar-refractivity contribution >= 4 is 29.3 Å². The molecule has 1 aliphatic rings. The minimum absolute atomic E-state index is 0.160. The number of thioether (sulfide) groups is 1. The van der Waals surface area contributed by atoms with Crippen molar-refractivity contribution in [3.63, 3.8) is 0 Å². The molecule has 0 saturated carbocycles. The van der Waals surface area contributed by atoms with E-state index < -0.39 is 5.60 Å². The zero-order chi connectivity index (χ0) is 15.3. The minimum Gasteiger partial charge on any atom is -0.386 e. The fraction of sp³-hybridized carbons (Fsp3) is 0.562. The van der Waals surface area contributed by atoms with Crippen LogP contribution in [0.3, 0.4) is 0 Å². The molecule has 1 aromatic carbocycles. The van der Waals surface area contributed by atoms with E-state index in [4.69, 9.17) is 11.6 Å². The summed E-state index contributed by atoms with van der Waals surface area (Å²) in [5.74, 6) is 1.08. The second-order valence-electron chi connectivity index (χ2n) is 5.63. The molecular weight excluding hydrogens is 306 g/mol. The molecule has 21 heavy (non-hydrogen) atoms. The Labute approximate surface area is 135 Å². The summed E-state index contributed by atoms with van der Waals surface area (Å²) in [5, 5.41) is 10.8. The van der Waals surface area contributed by atoms with E-state index in [0.717, 1.165) is 30.0 Å². The average molecular weight is 328 g/mol. The maximum atomic E-state index is 12.0. The predicted molar refractivity (Wildman–Crippen MR) is 87.8 cm³/mol. The molecule has 116 valence electrons. The standard InChI is InChI=1S/C16H22ClNO2S/c1-2-9-16(20)11-18(12-16)15(19)4-3-10-21-14-7-5-13(17)6-8-14/h5-8,20H,2-4,9-12H2,1H3. The zero-order valence-corrected chi connectivity index (χ0v) is 13.9. The number of hydrogen-bond acceptors (Lipinski definition) is 3. The summed E-state index contributed by atoms with van der Waals surface area (Å²) >= 11 is 7.57. The minimum atomic E-state index is -0.623. The number of carbonyl (C=O) groups is 1. The van der Waals surface area contributed by atoms with Gasteiger partial charge >= 0.3 is 0 Å². The molecule has 1 N–H and O–H groups in total. The molecule has 0 spiro atoms. The lowest BCUT2D eigenvalue weighted by atomic mass is 9.89. The largest absolute Gasteiger partial charge is 0.386 e. The van der Waals surface area contributed by atoms with E-state index in [1.165, 1.54) is 4.90 Å². The van der Waals surface area contributed by atoms with Crippen LogP contribution in [0.1, 0.15) is 32.6 Å². The summed E-state index contributed by atoms with van der Waals surface area (Å²) < 4.78 is 0. The van der Waals surface area contributed by atoms with Crippen LogP contribution in [0.15, 0.2) is 29.2 Å².